The maximum atomic E-state index is 12.0. The maximum Gasteiger partial charge on any atom is 0.335 e. The number of aromatic carboxylic acids is 1. The van der Waals surface area contributed by atoms with E-state index in [-0.39, 0.29) is 11.6 Å². The number of hydrogen-bond donors (Lipinski definition) is 2. The number of carboxylic acid groups (broad SMARTS) is 1. The van der Waals surface area contributed by atoms with Crippen LogP contribution in [0.4, 0.5) is 22.0 Å². The van der Waals surface area contributed by atoms with Crippen LogP contribution in [0.5, 0.6) is 0 Å². The average Bonchev–Trinajstić information content (AvgIpc) is 2.87. The van der Waals surface area contributed by atoms with E-state index in [0.717, 1.165) is 11.4 Å². The molecule has 1 aliphatic heterocycles. The van der Waals surface area contributed by atoms with E-state index in [1.807, 2.05) is 24.3 Å². The minimum Gasteiger partial charge on any atom is -0.478 e. The number of pyridine rings is 1. The van der Waals surface area contributed by atoms with Gasteiger partial charge in [-0.2, -0.15) is 0 Å². The van der Waals surface area contributed by atoms with Crippen molar-refractivity contribution < 1.29 is 14.7 Å². The molecule has 3 rings (SSSR count). The highest BCUT2D eigenvalue weighted by atomic mass is 16.4. The molecule has 7 heteroatoms. The standard InChI is InChI=1S/C16H16N4O3/c1-19-7-8-20(16(19)23)13-4-2-3-12(10-13)18-14-9-11(15(21)22)5-6-17-14/h2-6,9-10H,7-8H2,1H3,(H,17,18)(H,21,22). The Morgan fingerprint density at radius 2 is 2.09 bits per heavy atom. The number of carbonyl (C=O) groups excluding carboxylic acids is 1. The molecule has 1 aliphatic rings. The zero-order valence-electron chi connectivity index (χ0n) is 12.6. The second-order valence-electron chi connectivity index (χ2n) is 5.27. The van der Waals surface area contributed by atoms with Gasteiger partial charge in [-0.3, -0.25) is 4.90 Å². The van der Waals surface area contributed by atoms with Crippen molar-refractivity contribution in [3.05, 3.63) is 48.2 Å². The molecule has 1 saturated heterocycles. The summed E-state index contributed by atoms with van der Waals surface area (Å²) in [6.07, 6.45) is 1.44. The summed E-state index contributed by atoms with van der Waals surface area (Å²) < 4.78 is 0. The van der Waals surface area contributed by atoms with Crippen LogP contribution in [0.3, 0.4) is 0 Å². The fraction of sp³-hybridized carbons (Fsp3) is 0.188. The summed E-state index contributed by atoms with van der Waals surface area (Å²) in [5.74, 6) is -0.568. The van der Waals surface area contributed by atoms with Crippen molar-refractivity contribution in [1.29, 1.82) is 0 Å². The lowest BCUT2D eigenvalue weighted by Crippen LogP contribution is -2.29. The molecule has 2 amide bonds. The smallest absolute Gasteiger partial charge is 0.335 e. The van der Waals surface area contributed by atoms with Crippen molar-refractivity contribution in [1.82, 2.24) is 9.88 Å². The highest BCUT2D eigenvalue weighted by Gasteiger charge is 2.26. The zero-order valence-corrected chi connectivity index (χ0v) is 12.6. The molecule has 23 heavy (non-hydrogen) atoms. The van der Waals surface area contributed by atoms with Crippen LogP contribution in [-0.4, -0.2) is 47.1 Å². The number of carboxylic acids is 1. The molecule has 1 aromatic heterocycles. The number of nitrogens with one attached hydrogen (secondary N) is 1. The summed E-state index contributed by atoms with van der Waals surface area (Å²) in [4.78, 5) is 30.5. The van der Waals surface area contributed by atoms with Crippen LogP contribution in [0.25, 0.3) is 0 Å². The second-order valence-corrected chi connectivity index (χ2v) is 5.27. The van der Waals surface area contributed by atoms with Crippen LogP contribution >= 0.6 is 0 Å². The molecule has 0 radical (unpaired) electrons. The van der Waals surface area contributed by atoms with Crippen molar-refractivity contribution in [3.63, 3.8) is 0 Å². The van der Waals surface area contributed by atoms with E-state index in [9.17, 15) is 9.59 Å². The lowest BCUT2D eigenvalue weighted by Gasteiger charge is -2.17. The van der Waals surface area contributed by atoms with Crippen LogP contribution in [0, 0.1) is 0 Å². The molecule has 7 nitrogen and oxygen atoms in total. The number of hydrogen-bond acceptors (Lipinski definition) is 4. The van der Waals surface area contributed by atoms with E-state index in [0.29, 0.717) is 18.9 Å². The molecule has 118 valence electrons. The minimum atomic E-state index is -1.00. The third kappa shape index (κ3) is 3.08. The van der Waals surface area contributed by atoms with Gasteiger partial charge in [-0.1, -0.05) is 6.07 Å². The highest BCUT2D eigenvalue weighted by molar-refractivity contribution is 5.94. The van der Waals surface area contributed by atoms with Gasteiger partial charge in [-0.25, -0.2) is 14.6 Å². The number of likely N-dealkylation sites (N-methyl/N-ethyl adjacent to an activating group) is 1. The number of anilines is 3. The predicted molar refractivity (Wildman–Crippen MR) is 86.3 cm³/mol. The van der Waals surface area contributed by atoms with Crippen LogP contribution in [0.2, 0.25) is 0 Å². The normalized spacial score (nSPS) is 14.2. The molecule has 0 unspecified atom stereocenters. The van der Waals surface area contributed by atoms with E-state index in [1.54, 1.807) is 16.8 Å². The molecule has 0 saturated carbocycles. The zero-order chi connectivity index (χ0) is 16.4. The van der Waals surface area contributed by atoms with Crippen molar-refractivity contribution in [2.45, 2.75) is 0 Å². The summed E-state index contributed by atoms with van der Waals surface area (Å²) in [6, 6.07) is 10.2. The third-order valence-corrected chi connectivity index (χ3v) is 3.65. The number of urea groups is 1. The van der Waals surface area contributed by atoms with Crippen LogP contribution in [0.1, 0.15) is 10.4 Å². The molecule has 1 fully saturated rings. The van der Waals surface area contributed by atoms with E-state index in [2.05, 4.69) is 10.3 Å². The molecular weight excluding hydrogens is 296 g/mol. The lowest BCUT2D eigenvalue weighted by molar-refractivity contribution is 0.0696. The van der Waals surface area contributed by atoms with Gasteiger partial charge in [0, 0.05) is 37.7 Å². The van der Waals surface area contributed by atoms with Gasteiger partial charge in [0.15, 0.2) is 0 Å². The second kappa shape index (κ2) is 5.96. The van der Waals surface area contributed by atoms with Crippen LogP contribution in [0.15, 0.2) is 42.6 Å². The summed E-state index contributed by atoms with van der Waals surface area (Å²) >= 11 is 0. The predicted octanol–water partition coefficient (Wildman–Crippen LogP) is 2.40. The Morgan fingerprint density at radius 3 is 2.78 bits per heavy atom. The average molecular weight is 312 g/mol. The molecule has 0 aliphatic carbocycles. The maximum absolute atomic E-state index is 12.0. The van der Waals surface area contributed by atoms with Gasteiger partial charge in [-0.15, -0.1) is 0 Å². The Kier molecular flexibility index (Phi) is 3.84. The van der Waals surface area contributed by atoms with Gasteiger partial charge in [0.25, 0.3) is 0 Å². The number of carbonyl (C=O) groups is 2. The molecule has 0 bridgehead atoms. The molecule has 0 spiro atoms. The number of nitrogens with zero attached hydrogens (tertiary/aromatic N) is 3. The largest absolute Gasteiger partial charge is 0.478 e. The first-order chi connectivity index (χ1) is 11.0. The first-order valence-corrected chi connectivity index (χ1v) is 7.13. The third-order valence-electron chi connectivity index (χ3n) is 3.65. The van der Waals surface area contributed by atoms with Crippen molar-refractivity contribution in [2.75, 3.05) is 30.4 Å². The van der Waals surface area contributed by atoms with Crippen molar-refractivity contribution >= 4 is 29.2 Å². The van der Waals surface area contributed by atoms with E-state index < -0.39 is 5.97 Å². The minimum absolute atomic E-state index is 0.0341. The van der Waals surface area contributed by atoms with Gasteiger partial charge >= 0.3 is 12.0 Å². The number of amides is 2. The van der Waals surface area contributed by atoms with E-state index in [4.69, 9.17) is 5.11 Å². The monoisotopic (exact) mass is 312 g/mol. The summed E-state index contributed by atoms with van der Waals surface area (Å²) in [5, 5.41) is 12.1. The van der Waals surface area contributed by atoms with Crippen molar-refractivity contribution in [3.8, 4) is 0 Å². The lowest BCUT2D eigenvalue weighted by atomic mass is 10.2. The van der Waals surface area contributed by atoms with Gasteiger partial charge in [0.1, 0.15) is 5.82 Å². The SMILES string of the molecule is CN1CCN(c2cccc(Nc3cc(C(=O)O)ccn3)c2)C1=O. The first-order valence-electron chi connectivity index (χ1n) is 7.13. The Hall–Kier alpha value is -3.09. The van der Waals surface area contributed by atoms with Crippen LogP contribution < -0.4 is 10.2 Å². The van der Waals surface area contributed by atoms with Crippen LogP contribution in [-0.2, 0) is 0 Å². The number of rotatable bonds is 4. The first kappa shape index (κ1) is 14.8. The van der Waals surface area contributed by atoms with E-state index >= 15 is 0 Å². The number of aromatic nitrogens is 1. The van der Waals surface area contributed by atoms with Crippen molar-refractivity contribution in [2.24, 2.45) is 0 Å². The Morgan fingerprint density at radius 1 is 1.26 bits per heavy atom. The summed E-state index contributed by atoms with van der Waals surface area (Å²) in [7, 11) is 1.77. The fourth-order valence-electron chi connectivity index (χ4n) is 2.42. The molecule has 0 atom stereocenters. The number of benzene rings is 1. The van der Waals surface area contributed by atoms with Gasteiger partial charge < -0.3 is 15.3 Å². The molecule has 1 aromatic carbocycles. The molecule has 2 N–H and O–H groups in total. The summed E-state index contributed by atoms with van der Waals surface area (Å²) in [5.41, 5.74) is 1.69. The van der Waals surface area contributed by atoms with Gasteiger partial charge in [0.05, 0.1) is 5.56 Å². The van der Waals surface area contributed by atoms with Gasteiger partial charge in [-0.05, 0) is 30.3 Å². The Labute approximate surface area is 133 Å². The molecule has 2 aromatic rings. The molecule has 2 heterocycles. The van der Waals surface area contributed by atoms with E-state index in [1.165, 1.54) is 18.3 Å². The topological polar surface area (TPSA) is 85.8 Å². The fourth-order valence-corrected chi connectivity index (χ4v) is 2.42. The Bertz CT molecular complexity index is 762. The molecular formula is C16H16N4O3. The summed E-state index contributed by atoms with van der Waals surface area (Å²) in [6.45, 7) is 1.34. The van der Waals surface area contributed by atoms with Gasteiger partial charge in [0.2, 0.25) is 0 Å². The highest BCUT2D eigenvalue weighted by Crippen LogP contribution is 2.24. The Balaban J connectivity index is 1.82. The quantitative estimate of drug-likeness (QED) is 0.905.